The lowest BCUT2D eigenvalue weighted by atomic mass is 9.99. The molecule has 0 aliphatic carbocycles. The van der Waals surface area contributed by atoms with Gasteiger partial charge < -0.3 is 19.6 Å². The molecule has 194 valence electrons. The van der Waals surface area contributed by atoms with Crippen molar-refractivity contribution in [1.82, 2.24) is 9.80 Å². The van der Waals surface area contributed by atoms with E-state index in [9.17, 15) is 14.7 Å². The monoisotopic (exact) mass is 500 g/mol. The quantitative estimate of drug-likeness (QED) is 0.513. The molecule has 0 atom stereocenters. The van der Waals surface area contributed by atoms with Crippen LogP contribution >= 0.6 is 0 Å². The van der Waals surface area contributed by atoms with E-state index in [2.05, 4.69) is 36.2 Å². The van der Waals surface area contributed by atoms with E-state index in [1.165, 1.54) is 10.5 Å². The lowest BCUT2D eigenvalue weighted by Gasteiger charge is -2.22. The summed E-state index contributed by atoms with van der Waals surface area (Å²) in [5.74, 6) is -0.522. The number of carboxylic acids is 1. The van der Waals surface area contributed by atoms with Crippen molar-refractivity contribution in [3.05, 3.63) is 101 Å². The van der Waals surface area contributed by atoms with Crippen LogP contribution in [0.5, 0.6) is 5.75 Å². The van der Waals surface area contributed by atoms with Crippen molar-refractivity contribution in [2.45, 2.75) is 38.6 Å². The van der Waals surface area contributed by atoms with E-state index in [-0.39, 0.29) is 12.5 Å². The molecular formula is C31H36N2O4. The first kappa shape index (κ1) is 26.4. The molecule has 1 aliphatic heterocycles. The summed E-state index contributed by atoms with van der Waals surface area (Å²) < 4.78 is 6.16. The van der Waals surface area contributed by atoms with Gasteiger partial charge in [-0.1, -0.05) is 54.6 Å². The molecule has 3 aromatic carbocycles. The highest BCUT2D eigenvalue weighted by Gasteiger charge is 2.20. The van der Waals surface area contributed by atoms with Gasteiger partial charge in [-0.3, -0.25) is 9.59 Å². The lowest BCUT2D eigenvalue weighted by molar-refractivity contribution is -0.137. The molecule has 1 amide bonds. The first-order valence-electron chi connectivity index (χ1n) is 13.0. The molecule has 0 spiro atoms. The first-order chi connectivity index (χ1) is 18.0. The maximum absolute atomic E-state index is 13.5. The molecule has 0 radical (unpaired) electrons. The third-order valence-corrected chi connectivity index (χ3v) is 6.71. The Balaban J connectivity index is 1.59. The van der Waals surface area contributed by atoms with Crippen LogP contribution in [0.2, 0.25) is 0 Å². The van der Waals surface area contributed by atoms with Gasteiger partial charge in [-0.25, -0.2) is 0 Å². The second-order valence-electron chi connectivity index (χ2n) is 9.82. The maximum Gasteiger partial charge on any atom is 0.323 e. The summed E-state index contributed by atoms with van der Waals surface area (Å²) in [6, 6.07) is 23.8. The van der Waals surface area contributed by atoms with E-state index in [0.29, 0.717) is 31.6 Å². The number of hydrogen-bond acceptors (Lipinski definition) is 4. The van der Waals surface area contributed by atoms with Crippen molar-refractivity contribution in [2.75, 3.05) is 33.3 Å². The van der Waals surface area contributed by atoms with E-state index in [4.69, 9.17) is 4.74 Å². The first-order valence-corrected chi connectivity index (χ1v) is 13.0. The van der Waals surface area contributed by atoms with Crippen molar-refractivity contribution in [3.8, 4) is 5.75 Å². The fourth-order valence-corrected chi connectivity index (χ4v) is 4.79. The molecule has 0 aromatic heterocycles. The zero-order valence-electron chi connectivity index (χ0n) is 21.6. The van der Waals surface area contributed by atoms with Crippen molar-refractivity contribution in [2.24, 2.45) is 0 Å². The summed E-state index contributed by atoms with van der Waals surface area (Å²) in [5.41, 5.74) is 4.90. The molecule has 1 N–H and O–H groups in total. The Morgan fingerprint density at radius 1 is 0.946 bits per heavy atom. The fourth-order valence-electron chi connectivity index (χ4n) is 4.79. The Kier molecular flexibility index (Phi) is 9.33. The third kappa shape index (κ3) is 7.92. The van der Waals surface area contributed by atoms with Crippen molar-refractivity contribution in [3.63, 3.8) is 0 Å². The highest BCUT2D eigenvalue weighted by Crippen LogP contribution is 2.26. The molecule has 37 heavy (non-hydrogen) atoms. The van der Waals surface area contributed by atoms with Gasteiger partial charge in [-0.2, -0.15) is 0 Å². The third-order valence-electron chi connectivity index (χ3n) is 6.71. The molecule has 3 aromatic rings. The standard InChI is InChI=1S/C31H36N2O4/c1-32-16-6-3-7-18-37-29-14-13-27(21-28(29)20-25-11-8-12-26(19-25)22-32)31(36)33(23-30(34)35)17-15-24-9-4-2-5-10-24/h2,4-5,8-14,19,21H,3,6-7,15-18,20,22-23H2,1H3,(H,34,35). The predicted octanol–water partition coefficient (Wildman–Crippen LogP) is 5.04. The van der Waals surface area contributed by atoms with E-state index >= 15 is 0 Å². The zero-order chi connectivity index (χ0) is 26.0. The minimum Gasteiger partial charge on any atom is -0.493 e. The molecule has 0 saturated heterocycles. The van der Waals surface area contributed by atoms with Gasteiger partial charge in [0.2, 0.25) is 0 Å². The number of carboxylic acid groups (broad SMARTS) is 1. The highest BCUT2D eigenvalue weighted by molar-refractivity contribution is 5.96. The number of benzene rings is 3. The molecule has 2 bridgehead atoms. The van der Waals surface area contributed by atoms with E-state index in [0.717, 1.165) is 54.8 Å². The van der Waals surface area contributed by atoms with Gasteiger partial charge in [0.05, 0.1) is 6.61 Å². The van der Waals surface area contributed by atoms with Crippen LogP contribution in [0.25, 0.3) is 0 Å². The second kappa shape index (κ2) is 13.1. The number of fused-ring (bicyclic) bond motifs is 3. The van der Waals surface area contributed by atoms with Gasteiger partial charge in [0.25, 0.3) is 5.91 Å². The number of amides is 1. The summed E-state index contributed by atoms with van der Waals surface area (Å²) >= 11 is 0. The largest absolute Gasteiger partial charge is 0.493 e. The van der Waals surface area contributed by atoms with Crippen LogP contribution in [-0.4, -0.2) is 60.1 Å². The highest BCUT2D eigenvalue weighted by atomic mass is 16.5. The van der Waals surface area contributed by atoms with Crippen LogP contribution in [0.1, 0.15) is 51.9 Å². The van der Waals surface area contributed by atoms with Crippen LogP contribution < -0.4 is 4.74 Å². The van der Waals surface area contributed by atoms with E-state index in [1.54, 1.807) is 6.07 Å². The molecule has 0 unspecified atom stereocenters. The Bertz CT molecular complexity index is 1190. The van der Waals surface area contributed by atoms with E-state index < -0.39 is 5.97 Å². The second-order valence-corrected chi connectivity index (χ2v) is 9.82. The zero-order valence-corrected chi connectivity index (χ0v) is 21.6. The Morgan fingerprint density at radius 3 is 2.57 bits per heavy atom. The number of rotatable bonds is 6. The fraction of sp³-hybridized carbons (Fsp3) is 0.355. The number of hydrogen-bond donors (Lipinski definition) is 1. The van der Waals surface area contributed by atoms with Crippen molar-refractivity contribution in [1.29, 1.82) is 0 Å². The van der Waals surface area contributed by atoms with Gasteiger partial charge in [0, 0.05) is 25.1 Å². The predicted molar refractivity (Wildman–Crippen MR) is 145 cm³/mol. The average molecular weight is 501 g/mol. The summed E-state index contributed by atoms with van der Waals surface area (Å²) in [6.07, 6.45) is 4.43. The number of carbonyl (C=O) groups excluding carboxylic acids is 1. The average Bonchev–Trinajstić information content (AvgIpc) is 2.89. The SMILES string of the molecule is CN1CCCCCOc2ccc(C(=O)N(CCc3ccccc3)CC(=O)O)cc2Cc2cccc(c2)C1. The lowest BCUT2D eigenvalue weighted by Crippen LogP contribution is -2.37. The number of ether oxygens (including phenoxy) is 1. The van der Waals surface area contributed by atoms with Crippen LogP contribution in [0.4, 0.5) is 0 Å². The molecule has 0 saturated carbocycles. The molecule has 1 heterocycles. The van der Waals surface area contributed by atoms with Gasteiger partial charge in [-0.15, -0.1) is 0 Å². The summed E-state index contributed by atoms with van der Waals surface area (Å²) in [5, 5.41) is 9.47. The van der Waals surface area contributed by atoms with E-state index in [1.807, 2.05) is 42.5 Å². The molecular weight excluding hydrogens is 464 g/mol. The van der Waals surface area contributed by atoms with Gasteiger partial charge in [-0.05, 0) is 79.7 Å². The van der Waals surface area contributed by atoms with Gasteiger partial charge >= 0.3 is 5.97 Å². The number of nitrogens with zero attached hydrogens (tertiary/aromatic N) is 2. The van der Waals surface area contributed by atoms with Crippen LogP contribution in [0.15, 0.2) is 72.8 Å². The van der Waals surface area contributed by atoms with Crippen molar-refractivity contribution < 1.29 is 19.4 Å². The normalized spacial score (nSPS) is 14.6. The summed E-state index contributed by atoms with van der Waals surface area (Å²) in [4.78, 5) is 28.8. The number of carbonyl (C=O) groups is 2. The summed E-state index contributed by atoms with van der Waals surface area (Å²) in [6.45, 7) is 2.59. The Labute approximate surface area is 219 Å². The Morgan fingerprint density at radius 2 is 1.76 bits per heavy atom. The van der Waals surface area contributed by atoms with Crippen LogP contribution in [-0.2, 0) is 24.2 Å². The maximum atomic E-state index is 13.5. The van der Waals surface area contributed by atoms with Crippen LogP contribution in [0, 0.1) is 0 Å². The number of aliphatic carboxylic acids is 1. The van der Waals surface area contributed by atoms with Crippen molar-refractivity contribution >= 4 is 11.9 Å². The molecule has 6 heteroatoms. The topological polar surface area (TPSA) is 70.1 Å². The summed E-state index contributed by atoms with van der Waals surface area (Å²) in [7, 11) is 2.16. The van der Waals surface area contributed by atoms with Gasteiger partial charge in [0.1, 0.15) is 12.3 Å². The molecule has 0 fully saturated rings. The minimum atomic E-state index is -1.02. The molecule has 1 aliphatic rings. The minimum absolute atomic E-state index is 0.282. The van der Waals surface area contributed by atoms with Crippen LogP contribution in [0.3, 0.4) is 0 Å². The van der Waals surface area contributed by atoms with Gasteiger partial charge in [0.15, 0.2) is 0 Å². The Hall–Kier alpha value is -3.64. The smallest absolute Gasteiger partial charge is 0.323 e. The molecule has 4 rings (SSSR count). The molecule has 6 nitrogen and oxygen atoms in total.